The number of nitrogens with two attached hydrogens (primary N) is 1. The Morgan fingerprint density at radius 1 is 1.57 bits per heavy atom. The first-order valence-corrected chi connectivity index (χ1v) is 4.87. The summed E-state index contributed by atoms with van der Waals surface area (Å²) in [7, 11) is 0. The van der Waals surface area contributed by atoms with Crippen LogP contribution in [-0.4, -0.2) is 41.0 Å². The van der Waals surface area contributed by atoms with E-state index in [1.165, 1.54) is 0 Å². The minimum atomic E-state index is -1.01. The van der Waals surface area contributed by atoms with Crippen LogP contribution in [0.2, 0.25) is 0 Å². The zero-order valence-corrected chi connectivity index (χ0v) is 8.11. The minimum absolute atomic E-state index is 0.119. The highest BCUT2D eigenvalue weighted by Gasteiger charge is 2.19. The van der Waals surface area contributed by atoms with Gasteiger partial charge in [-0.2, -0.15) is 0 Å². The van der Waals surface area contributed by atoms with E-state index in [-0.39, 0.29) is 5.91 Å². The second kappa shape index (κ2) is 4.95. The summed E-state index contributed by atoms with van der Waals surface area (Å²) in [4.78, 5) is 23.4. The Morgan fingerprint density at radius 2 is 2.29 bits per heavy atom. The van der Waals surface area contributed by atoms with Gasteiger partial charge in [-0.25, -0.2) is 0 Å². The first-order valence-electron chi connectivity index (χ1n) is 4.87. The Morgan fingerprint density at radius 3 is 2.86 bits per heavy atom. The maximum Gasteiger partial charge on any atom is 0.320 e. The Kier molecular flexibility index (Phi) is 3.88. The molecular weight excluding hydrogens is 184 g/mol. The third-order valence-corrected chi connectivity index (χ3v) is 2.45. The molecule has 1 heterocycles. The molecular formula is C9H16N2O3. The lowest BCUT2D eigenvalue weighted by Crippen LogP contribution is -2.40. The average Bonchev–Trinajstić information content (AvgIpc) is 2.16. The van der Waals surface area contributed by atoms with Crippen molar-refractivity contribution in [2.45, 2.75) is 31.7 Å². The van der Waals surface area contributed by atoms with Gasteiger partial charge in [-0.05, 0) is 19.3 Å². The van der Waals surface area contributed by atoms with Gasteiger partial charge in [0.05, 0.1) is 0 Å². The fourth-order valence-corrected chi connectivity index (χ4v) is 1.52. The number of piperidine rings is 1. The number of likely N-dealkylation sites (tertiary alicyclic amines) is 1. The van der Waals surface area contributed by atoms with Crippen LogP contribution in [0.15, 0.2) is 0 Å². The van der Waals surface area contributed by atoms with Crippen LogP contribution < -0.4 is 5.73 Å². The molecule has 1 fully saturated rings. The van der Waals surface area contributed by atoms with Crippen molar-refractivity contribution in [3.63, 3.8) is 0 Å². The highest BCUT2D eigenvalue weighted by molar-refractivity contribution is 5.77. The van der Waals surface area contributed by atoms with Gasteiger partial charge < -0.3 is 15.7 Å². The van der Waals surface area contributed by atoms with Crippen LogP contribution in [0.25, 0.3) is 0 Å². The number of hydrogen-bond donors (Lipinski definition) is 2. The van der Waals surface area contributed by atoms with E-state index in [0.717, 1.165) is 19.4 Å². The van der Waals surface area contributed by atoms with Gasteiger partial charge in [0.2, 0.25) is 5.91 Å². The molecule has 3 N–H and O–H groups in total. The van der Waals surface area contributed by atoms with Crippen molar-refractivity contribution in [3.8, 4) is 0 Å². The van der Waals surface area contributed by atoms with Gasteiger partial charge in [0.25, 0.3) is 0 Å². The molecule has 0 saturated carbocycles. The number of carbonyl (C=O) groups excluding carboxylic acids is 1. The zero-order chi connectivity index (χ0) is 10.6. The predicted molar refractivity (Wildman–Crippen MR) is 50.7 cm³/mol. The van der Waals surface area contributed by atoms with Gasteiger partial charge in [0.15, 0.2) is 0 Å². The third-order valence-electron chi connectivity index (χ3n) is 2.45. The molecule has 0 bridgehead atoms. The zero-order valence-electron chi connectivity index (χ0n) is 8.11. The summed E-state index contributed by atoms with van der Waals surface area (Å²) in [6, 6.07) is -0.857. The molecule has 1 saturated heterocycles. The van der Waals surface area contributed by atoms with Gasteiger partial charge in [-0.15, -0.1) is 0 Å². The van der Waals surface area contributed by atoms with E-state index in [9.17, 15) is 9.59 Å². The van der Waals surface area contributed by atoms with Crippen molar-refractivity contribution >= 4 is 11.9 Å². The van der Waals surface area contributed by atoms with E-state index < -0.39 is 12.0 Å². The monoisotopic (exact) mass is 200 g/mol. The molecule has 80 valence electrons. The molecule has 0 aromatic carbocycles. The topological polar surface area (TPSA) is 83.6 Å². The second-order valence-corrected chi connectivity index (χ2v) is 3.57. The number of aliphatic carboxylic acids is 1. The van der Waals surface area contributed by atoms with Crippen molar-refractivity contribution in [1.29, 1.82) is 0 Å². The number of hydrogen-bond acceptors (Lipinski definition) is 3. The number of carboxylic acid groups (broad SMARTS) is 1. The fourth-order valence-electron chi connectivity index (χ4n) is 1.52. The van der Waals surface area contributed by atoms with Crippen molar-refractivity contribution < 1.29 is 14.7 Å². The number of nitrogens with zero attached hydrogens (tertiary/aromatic N) is 1. The Labute approximate surface area is 82.9 Å². The lowest BCUT2D eigenvalue weighted by Gasteiger charge is -2.27. The normalized spacial score (nSPS) is 19.5. The van der Waals surface area contributed by atoms with Crippen LogP contribution in [0.1, 0.15) is 25.7 Å². The molecule has 1 unspecified atom stereocenters. The van der Waals surface area contributed by atoms with Gasteiger partial charge in [-0.3, -0.25) is 9.59 Å². The molecule has 0 aromatic rings. The van der Waals surface area contributed by atoms with E-state index in [0.29, 0.717) is 19.4 Å². The number of carboxylic acids is 1. The average molecular weight is 200 g/mol. The number of rotatable bonds is 4. The molecule has 5 nitrogen and oxygen atoms in total. The van der Waals surface area contributed by atoms with Crippen LogP contribution in [0.3, 0.4) is 0 Å². The van der Waals surface area contributed by atoms with Crippen LogP contribution in [0.5, 0.6) is 0 Å². The summed E-state index contributed by atoms with van der Waals surface area (Å²) < 4.78 is 0. The summed E-state index contributed by atoms with van der Waals surface area (Å²) in [6.07, 6.45) is 2.87. The quantitative estimate of drug-likeness (QED) is 0.658. The summed E-state index contributed by atoms with van der Waals surface area (Å²) in [5.41, 5.74) is 5.34. The molecule has 0 aliphatic carbocycles. The summed E-state index contributed by atoms with van der Waals surface area (Å²) >= 11 is 0. The lowest BCUT2D eigenvalue weighted by molar-refractivity contribution is -0.140. The molecule has 1 amide bonds. The van der Waals surface area contributed by atoms with E-state index in [2.05, 4.69) is 0 Å². The van der Waals surface area contributed by atoms with Gasteiger partial charge in [0, 0.05) is 19.5 Å². The van der Waals surface area contributed by atoms with Crippen molar-refractivity contribution in [2.75, 3.05) is 13.1 Å². The van der Waals surface area contributed by atoms with Gasteiger partial charge >= 0.3 is 5.97 Å². The molecule has 5 heteroatoms. The SMILES string of the molecule is NC(CCN1CCCCC1=O)C(=O)O. The maximum atomic E-state index is 11.3. The van der Waals surface area contributed by atoms with Crippen LogP contribution in [0, 0.1) is 0 Å². The highest BCUT2D eigenvalue weighted by Crippen LogP contribution is 2.10. The molecule has 0 spiro atoms. The highest BCUT2D eigenvalue weighted by atomic mass is 16.4. The minimum Gasteiger partial charge on any atom is -0.480 e. The molecule has 0 radical (unpaired) electrons. The van der Waals surface area contributed by atoms with E-state index >= 15 is 0 Å². The molecule has 1 aliphatic rings. The fraction of sp³-hybridized carbons (Fsp3) is 0.778. The molecule has 1 atom stereocenters. The van der Waals surface area contributed by atoms with Gasteiger partial charge in [-0.1, -0.05) is 0 Å². The van der Waals surface area contributed by atoms with Gasteiger partial charge in [0.1, 0.15) is 6.04 Å². The molecule has 0 aromatic heterocycles. The number of amides is 1. The molecule has 1 aliphatic heterocycles. The predicted octanol–water partition coefficient (Wildman–Crippen LogP) is -0.199. The lowest BCUT2D eigenvalue weighted by atomic mass is 10.1. The Balaban J connectivity index is 2.29. The molecule has 1 rings (SSSR count). The van der Waals surface area contributed by atoms with Crippen LogP contribution >= 0.6 is 0 Å². The Bertz CT molecular complexity index is 230. The summed E-state index contributed by atoms with van der Waals surface area (Å²) in [5.74, 6) is -0.886. The van der Waals surface area contributed by atoms with E-state index in [1.807, 2.05) is 0 Å². The standard InChI is InChI=1S/C9H16N2O3/c10-7(9(13)14)4-6-11-5-2-1-3-8(11)12/h7H,1-6,10H2,(H,13,14). The maximum absolute atomic E-state index is 11.3. The van der Waals surface area contributed by atoms with Crippen LogP contribution in [-0.2, 0) is 9.59 Å². The van der Waals surface area contributed by atoms with Crippen LogP contribution in [0.4, 0.5) is 0 Å². The largest absolute Gasteiger partial charge is 0.480 e. The van der Waals surface area contributed by atoms with Crippen molar-refractivity contribution in [1.82, 2.24) is 4.90 Å². The van der Waals surface area contributed by atoms with E-state index in [1.54, 1.807) is 4.90 Å². The van der Waals surface area contributed by atoms with Crippen molar-refractivity contribution in [2.24, 2.45) is 5.73 Å². The summed E-state index contributed by atoms with van der Waals surface area (Å²) in [6.45, 7) is 1.21. The van der Waals surface area contributed by atoms with E-state index in [4.69, 9.17) is 10.8 Å². The second-order valence-electron chi connectivity index (χ2n) is 3.57. The first kappa shape index (κ1) is 11.0. The smallest absolute Gasteiger partial charge is 0.320 e. The Hall–Kier alpha value is -1.10. The third kappa shape index (κ3) is 2.99. The number of carbonyl (C=O) groups is 2. The summed E-state index contributed by atoms with van der Waals surface area (Å²) in [5, 5.41) is 8.55. The molecule has 14 heavy (non-hydrogen) atoms. The first-order chi connectivity index (χ1) is 6.61. The van der Waals surface area contributed by atoms with Crippen molar-refractivity contribution in [3.05, 3.63) is 0 Å².